The maximum Gasteiger partial charge on any atom is 0.256 e. The van der Waals surface area contributed by atoms with Crippen LogP contribution in [0.4, 0.5) is 5.69 Å². The number of hydrogen-bond donors (Lipinski definition) is 1. The summed E-state index contributed by atoms with van der Waals surface area (Å²) < 4.78 is 2.40. The van der Waals surface area contributed by atoms with Gasteiger partial charge in [0.2, 0.25) is 0 Å². The number of hydrogen-bond acceptors (Lipinski definition) is 3. The number of aryl methyl sites for hydroxylation is 1. The summed E-state index contributed by atoms with van der Waals surface area (Å²) in [6.45, 7) is 1.90. The van der Waals surface area contributed by atoms with Gasteiger partial charge in [0.15, 0.2) is 5.65 Å². The fourth-order valence-electron chi connectivity index (χ4n) is 1.90. The van der Waals surface area contributed by atoms with Crippen molar-refractivity contribution >= 4 is 33.2 Å². The van der Waals surface area contributed by atoms with Gasteiger partial charge in [-0.25, -0.2) is 9.50 Å². The molecular weight excluding hydrogens is 320 g/mol. The molecule has 0 aliphatic rings. The van der Waals surface area contributed by atoms with Crippen molar-refractivity contribution in [2.75, 3.05) is 5.32 Å². The topological polar surface area (TPSA) is 59.3 Å². The first kappa shape index (κ1) is 12.8. The summed E-state index contributed by atoms with van der Waals surface area (Å²) in [6.07, 6.45) is 3.36. The first-order valence-electron chi connectivity index (χ1n) is 6.01. The highest BCUT2D eigenvalue weighted by Crippen LogP contribution is 2.17. The van der Waals surface area contributed by atoms with Crippen molar-refractivity contribution in [1.29, 1.82) is 0 Å². The van der Waals surface area contributed by atoms with Gasteiger partial charge in [-0.3, -0.25) is 4.79 Å². The highest BCUT2D eigenvalue weighted by atomic mass is 79.9. The SMILES string of the molecule is Cc1cc2ncc(NC(=O)c3ccccc3Br)cn2n1. The number of rotatable bonds is 2. The average molecular weight is 331 g/mol. The normalized spacial score (nSPS) is 10.7. The number of benzene rings is 1. The second-order valence-electron chi connectivity index (χ2n) is 4.37. The Bertz CT molecular complexity index is 797. The summed E-state index contributed by atoms with van der Waals surface area (Å²) in [6, 6.07) is 9.13. The van der Waals surface area contributed by atoms with E-state index in [0.29, 0.717) is 11.3 Å². The Labute approximate surface area is 123 Å². The van der Waals surface area contributed by atoms with E-state index in [1.165, 1.54) is 0 Å². The Balaban J connectivity index is 1.89. The highest BCUT2D eigenvalue weighted by Gasteiger charge is 2.10. The molecule has 100 valence electrons. The van der Waals surface area contributed by atoms with Crippen LogP contribution in [0, 0.1) is 6.92 Å². The van der Waals surface area contributed by atoms with Gasteiger partial charge in [0.05, 0.1) is 29.3 Å². The molecule has 6 heteroatoms. The van der Waals surface area contributed by atoms with Crippen LogP contribution in [0.2, 0.25) is 0 Å². The van der Waals surface area contributed by atoms with Crippen LogP contribution in [-0.2, 0) is 0 Å². The third-order valence-corrected chi connectivity index (χ3v) is 3.50. The van der Waals surface area contributed by atoms with Crippen molar-refractivity contribution in [2.45, 2.75) is 6.92 Å². The highest BCUT2D eigenvalue weighted by molar-refractivity contribution is 9.10. The Morgan fingerprint density at radius 3 is 2.95 bits per heavy atom. The summed E-state index contributed by atoms with van der Waals surface area (Å²) in [5, 5.41) is 7.07. The van der Waals surface area contributed by atoms with Crippen molar-refractivity contribution < 1.29 is 4.79 Å². The lowest BCUT2D eigenvalue weighted by Gasteiger charge is -2.06. The molecule has 5 nitrogen and oxygen atoms in total. The van der Waals surface area contributed by atoms with Gasteiger partial charge >= 0.3 is 0 Å². The molecular formula is C14H11BrN4O. The number of nitrogens with zero attached hydrogens (tertiary/aromatic N) is 3. The minimum absolute atomic E-state index is 0.192. The van der Waals surface area contributed by atoms with E-state index < -0.39 is 0 Å². The van der Waals surface area contributed by atoms with E-state index in [1.807, 2.05) is 31.2 Å². The number of nitrogens with one attached hydrogen (secondary N) is 1. The van der Waals surface area contributed by atoms with Crippen LogP contribution in [0.5, 0.6) is 0 Å². The smallest absolute Gasteiger partial charge is 0.256 e. The van der Waals surface area contributed by atoms with Gasteiger partial charge < -0.3 is 5.32 Å². The van der Waals surface area contributed by atoms with Gasteiger partial charge in [0.1, 0.15) is 0 Å². The van der Waals surface area contributed by atoms with Gasteiger partial charge in [0, 0.05) is 10.5 Å². The molecule has 0 atom stereocenters. The molecule has 0 aliphatic carbocycles. The summed E-state index contributed by atoms with van der Waals surface area (Å²) in [7, 11) is 0. The standard InChI is InChI=1S/C14H11BrN4O/c1-9-6-13-16-7-10(8-19(13)18-9)17-14(20)11-4-2-3-5-12(11)15/h2-8H,1H3,(H,17,20). The third kappa shape index (κ3) is 2.42. The monoisotopic (exact) mass is 330 g/mol. The summed E-state index contributed by atoms with van der Waals surface area (Å²) in [5.41, 5.74) is 2.80. The summed E-state index contributed by atoms with van der Waals surface area (Å²) >= 11 is 3.36. The van der Waals surface area contributed by atoms with E-state index in [2.05, 4.69) is 31.3 Å². The van der Waals surface area contributed by atoms with Crippen LogP contribution in [0.25, 0.3) is 5.65 Å². The Morgan fingerprint density at radius 1 is 1.35 bits per heavy atom. The molecule has 0 saturated heterocycles. The Kier molecular flexibility index (Phi) is 3.23. The van der Waals surface area contributed by atoms with Crippen LogP contribution in [0.3, 0.4) is 0 Å². The largest absolute Gasteiger partial charge is 0.319 e. The summed E-state index contributed by atoms with van der Waals surface area (Å²) in [5.74, 6) is -0.192. The van der Waals surface area contributed by atoms with Crippen LogP contribution in [-0.4, -0.2) is 20.5 Å². The third-order valence-electron chi connectivity index (χ3n) is 2.81. The molecule has 0 radical (unpaired) electrons. The molecule has 1 amide bonds. The van der Waals surface area contributed by atoms with E-state index in [4.69, 9.17) is 0 Å². The number of carbonyl (C=O) groups excluding carboxylic acids is 1. The maximum atomic E-state index is 12.2. The van der Waals surface area contributed by atoms with Crippen molar-refractivity contribution in [3.8, 4) is 0 Å². The lowest BCUT2D eigenvalue weighted by molar-refractivity contribution is 0.102. The van der Waals surface area contributed by atoms with Gasteiger partial charge in [-0.2, -0.15) is 5.10 Å². The first-order chi connectivity index (χ1) is 9.63. The second kappa shape index (κ2) is 5.05. The van der Waals surface area contributed by atoms with Gasteiger partial charge in [-0.05, 0) is 35.0 Å². The molecule has 1 N–H and O–H groups in total. The zero-order valence-electron chi connectivity index (χ0n) is 10.7. The van der Waals surface area contributed by atoms with Crippen molar-refractivity contribution in [2.24, 2.45) is 0 Å². The second-order valence-corrected chi connectivity index (χ2v) is 5.22. The zero-order chi connectivity index (χ0) is 14.1. The molecule has 0 fully saturated rings. The van der Waals surface area contributed by atoms with Crippen molar-refractivity contribution in [1.82, 2.24) is 14.6 Å². The van der Waals surface area contributed by atoms with Gasteiger partial charge in [-0.1, -0.05) is 12.1 Å². The van der Waals surface area contributed by atoms with Crippen LogP contribution >= 0.6 is 15.9 Å². The van der Waals surface area contributed by atoms with Crippen LogP contribution in [0.1, 0.15) is 16.1 Å². The van der Waals surface area contributed by atoms with Crippen molar-refractivity contribution in [3.63, 3.8) is 0 Å². The number of halogens is 1. The molecule has 0 bridgehead atoms. The molecule has 2 aromatic heterocycles. The molecule has 20 heavy (non-hydrogen) atoms. The molecule has 2 heterocycles. The molecule has 0 saturated carbocycles. The number of fused-ring (bicyclic) bond motifs is 1. The average Bonchev–Trinajstić information content (AvgIpc) is 2.78. The first-order valence-corrected chi connectivity index (χ1v) is 6.81. The molecule has 0 aliphatic heterocycles. The minimum atomic E-state index is -0.192. The number of amides is 1. The van der Waals surface area contributed by atoms with E-state index in [0.717, 1.165) is 15.8 Å². The van der Waals surface area contributed by atoms with Crippen molar-refractivity contribution in [3.05, 3.63) is 58.5 Å². The van der Waals surface area contributed by atoms with Gasteiger partial charge in [0.25, 0.3) is 5.91 Å². The van der Waals surface area contributed by atoms with Gasteiger partial charge in [-0.15, -0.1) is 0 Å². The zero-order valence-corrected chi connectivity index (χ0v) is 12.3. The Morgan fingerprint density at radius 2 is 2.15 bits per heavy atom. The fraction of sp³-hybridized carbons (Fsp3) is 0.0714. The Hall–Kier alpha value is -2.21. The molecule has 0 unspecified atom stereocenters. The van der Waals surface area contributed by atoms with E-state index in [9.17, 15) is 4.79 Å². The van der Waals surface area contributed by atoms with Crippen LogP contribution in [0.15, 0.2) is 47.2 Å². The fourth-order valence-corrected chi connectivity index (χ4v) is 2.37. The number of anilines is 1. The van der Waals surface area contributed by atoms with E-state index in [1.54, 1.807) is 23.0 Å². The molecule has 1 aromatic carbocycles. The molecule has 3 aromatic rings. The summed E-state index contributed by atoms with van der Waals surface area (Å²) in [4.78, 5) is 16.4. The lowest BCUT2D eigenvalue weighted by Crippen LogP contribution is -2.13. The number of aromatic nitrogens is 3. The van der Waals surface area contributed by atoms with E-state index >= 15 is 0 Å². The maximum absolute atomic E-state index is 12.2. The minimum Gasteiger partial charge on any atom is -0.319 e. The molecule has 0 spiro atoms. The van der Waals surface area contributed by atoms with Crippen LogP contribution < -0.4 is 5.32 Å². The predicted molar refractivity (Wildman–Crippen MR) is 79.8 cm³/mol. The predicted octanol–water partition coefficient (Wildman–Crippen LogP) is 3.05. The van der Waals surface area contributed by atoms with E-state index in [-0.39, 0.29) is 5.91 Å². The number of carbonyl (C=O) groups is 1. The quantitative estimate of drug-likeness (QED) is 0.785. The lowest BCUT2D eigenvalue weighted by atomic mass is 10.2. The molecule has 3 rings (SSSR count).